The topological polar surface area (TPSA) is 83.5 Å². The Morgan fingerprint density at radius 1 is 1.18 bits per heavy atom. The zero-order chi connectivity index (χ0) is 23.8. The van der Waals surface area contributed by atoms with E-state index < -0.39 is 5.54 Å². The highest BCUT2D eigenvalue weighted by atomic mass is 35.5. The van der Waals surface area contributed by atoms with Gasteiger partial charge in [0, 0.05) is 29.6 Å². The van der Waals surface area contributed by atoms with Crippen molar-refractivity contribution in [3.8, 4) is 11.5 Å². The highest BCUT2D eigenvalue weighted by Crippen LogP contribution is 2.39. The molecular formula is C24H27ClN4O4. The Bertz CT molecular complexity index is 1110. The van der Waals surface area contributed by atoms with Crippen molar-refractivity contribution in [2.24, 2.45) is 5.10 Å². The number of ether oxygens (including phenoxy) is 2. The summed E-state index contributed by atoms with van der Waals surface area (Å²) >= 11 is 6.41. The molecule has 8 nitrogen and oxygen atoms in total. The third kappa shape index (κ3) is 5.06. The van der Waals surface area contributed by atoms with Gasteiger partial charge in [0.05, 0.1) is 11.8 Å². The molecule has 1 atom stereocenters. The van der Waals surface area contributed by atoms with Crippen LogP contribution in [0.3, 0.4) is 0 Å². The molecule has 3 amide bonds. The minimum Gasteiger partial charge on any atom is -0.454 e. The third-order valence-electron chi connectivity index (χ3n) is 5.33. The number of nitrogens with one attached hydrogen (secondary N) is 1. The molecule has 33 heavy (non-hydrogen) atoms. The van der Waals surface area contributed by atoms with Gasteiger partial charge in [-0.3, -0.25) is 4.79 Å². The van der Waals surface area contributed by atoms with Crippen molar-refractivity contribution >= 4 is 29.3 Å². The Hall–Kier alpha value is -3.26. The predicted octanol–water partition coefficient (Wildman–Crippen LogP) is 4.19. The monoisotopic (exact) mass is 470 g/mol. The molecule has 0 spiro atoms. The second-order valence-electron chi connectivity index (χ2n) is 9.13. The van der Waals surface area contributed by atoms with Crippen LogP contribution in [0.4, 0.5) is 4.79 Å². The van der Waals surface area contributed by atoms with Gasteiger partial charge in [-0.05, 0) is 44.5 Å². The number of hydrogen-bond acceptors (Lipinski definition) is 5. The number of rotatable bonds is 4. The average molecular weight is 471 g/mol. The van der Waals surface area contributed by atoms with Gasteiger partial charge in [-0.15, -0.1) is 0 Å². The van der Waals surface area contributed by atoms with Gasteiger partial charge in [-0.2, -0.15) is 5.10 Å². The number of amides is 3. The zero-order valence-corrected chi connectivity index (χ0v) is 19.8. The maximum atomic E-state index is 13.3. The summed E-state index contributed by atoms with van der Waals surface area (Å²) in [5.41, 5.74) is 1.93. The van der Waals surface area contributed by atoms with Crippen LogP contribution in [0, 0.1) is 0 Å². The van der Waals surface area contributed by atoms with E-state index in [9.17, 15) is 9.59 Å². The number of likely N-dealkylation sites (N-methyl/N-ethyl adjacent to an activating group) is 1. The number of fused-ring (bicyclic) bond motifs is 1. The van der Waals surface area contributed by atoms with Crippen LogP contribution in [0.15, 0.2) is 47.6 Å². The molecule has 0 unspecified atom stereocenters. The van der Waals surface area contributed by atoms with Gasteiger partial charge in [0.2, 0.25) is 6.79 Å². The molecular weight excluding hydrogens is 444 g/mol. The Labute approximate surface area is 198 Å². The van der Waals surface area contributed by atoms with Crippen LogP contribution in [0.2, 0.25) is 5.02 Å². The lowest BCUT2D eigenvalue weighted by Gasteiger charge is -2.28. The molecule has 1 N–H and O–H groups in total. The fraction of sp³-hybridized carbons (Fsp3) is 0.375. The normalized spacial score (nSPS) is 17.1. The van der Waals surface area contributed by atoms with Gasteiger partial charge in [0.1, 0.15) is 6.54 Å². The Morgan fingerprint density at radius 2 is 1.91 bits per heavy atom. The molecule has 4 rings (SSSR count). The van der Waals surface area contributed by atoms with Crippen molar-refractivity contribution in [3.05, 3.63) is 58.6 Å². The van der Waals surface area contributed by atoms with E-state index in [1.807, 2.05) is 57.2 Å². The molecule has 0 aliphatic carbocycles. The van der Waals surface area contributed by atoms with Crippen molar-refractivity contribution in [2.75, 3.05) is 20.4 Å². The Kier molecular flexibility index (Phi) is 6.21. The van der Waals surface area contributed by atoms with Crippen molar-refractivity contribution in [2.45, 2.75) is 38.8 Å². The van der Waals surface area contributed by atoms with E-state index in [-0.39, 0.29) is 31.3 Å². The summed E-state index contributed by atoms with van der Waals surface area (Å²) in [4.78, 5) is 27.1. The fourth-order valence-electron chi connectivity index (χ4n) is 3.74. The molecule has 0 saturated heterocycles. The van der Waals surface area contributed by atoms with Crippen molar-refractivity contribution in [1.29, 1.82) is 0 Å². The van der Waals surface area contributed by atoms with Crippen LogP contribution in [0.25, 0.3) is 0 Å². The lowest BCUT2D eigenvalue weighted by Crippen LogP contribution is -2.49. The van der Waals surface area contributed by atoms with E-state index in [1.54, 1.807) is 13.1 Å². The SMILES string of the molecule is CN(CC(=O)N1N=C(c2ccccc2Cl)C[C@@H]1c1ccc2c(c1)OCO2)C(=O)NC(C)(C)C. The zero-order valence-electron chi connectivity index (χ0n) is 19.1. The molecule has 0 bridgehead atoms. The van der Waals surface area contributed by atoms with E-state index in [4.69, 9.17) is 21.1 Å². The van der Waals surface area contributed by atoms with Crippen LogP contribution < -0.4 is 14.8 Å². The van der Waals surface area contributed by atoms with Crippen LogP contribution in [0.1, 0.15) is 44.4 Å². The van der Waals surface area contributed by atoms with Gasteiger partial charge < -0.3 is 19.7 Å². The van der Waals surface area contributed by atoms with Crippen molar-refractivity contribution in [3.63, 3.8) is 0 Å². The van der Waals surface area contributed by atoms with E-state index in [1.165, 1.54) is 9.91 Å². The lowest BCUT2D eigenvalue weighted by molar-refractivity contribution is -0.133. The largest absolute Gasteiger partial charge is 0.454 e. The van der Waals surface area contributed by atoms with Gasteiger partial charge in [-0.25, -0.2) is 9.80 Å². The van der Waals surface area contributed by atoms with Crippen LogP contribution in [-0.2, 0) is 4.79 Å². The first-order chi connectivity index (χ1) is 15.6. The highest BCUT2D eigenvalue weighted by molar-refractivity contribution is 6.34. The van der Waals surface area contributed by atoms with Crippen LogP contribution >= 0.6 is 11.6 Å². The number of urea groups is 1. The maximum absolute atomic E-state index is 13.3. The number of nitrogens with zero attached hydrogens (tertiary/aromatic N) is 3. The molecule has 2 heterocycles. The van der Waals surface area contributed by atoms with E-state index in [0.29, 0.717) is 28.7 Å². The van der Waals surface area contributed by atoms with Crippen LogP contribution in [-0.4, -0.2) is 53.5 Å². The maximum Gasteiger partial charge on any atom is 0.318 e. The molecule has 0 fully saturated rings. The van der Waals surface area contributed by atoms with E-state index in [2.05, 4.69) is 10.4 Å². The Balaban J connectivity index is 1.61. The second kappa shape index (κ2) is 8.94. The first-order valence-corrected chi connectivity index (χ1v) is 11.1. The van der Waals surface area contributed by atoms with Crippen molar-refractivity contribution in [1.82, 2.24) is 15.2 Å². The van der Waals surface area contributed by atoms with Crippen LogP contribution in [0.5, 0.6) is 11.5 Å². The molecule has 0 aromatic heterocycles. The number of benzene rings is 2. The summed E-state index contributed by atoms with van der Waals surface area (Å²) in [6.07, 6.45) is 0.479. The van der Waals surface area contributed by atoms with E-state index >= 15 is 0 Å². The number of carbonyl (C=O) groups excluding carboxylic acids is 2. The van der Waals surface area contributed by atoms with E-state index in [0.717, 1.165) is 11.1 Å². The average Bonchev–Trinajstić information content (AvgIpc) is 3.39. The number of halogens is 1. The standard InChI is InChI=1S/C24H27ClN4O4/c1-24(2,3)26-23(31)28(4)13-22(30)29-19(15-9-10-20-21(11-15)33-14-32-20)12-18(27-29)16-7-5-6-8-17(16)25/h5-11,19H,12-14H2,1-4H3,(H,26,31)/t19-/m1/s1. The van der Waals surface area contributed by atoms with Gasteiger partial charge in [0.15, 0.2) is 11.5 Å². The molecule has 174 valence electrons. The predicted molar refractivity (Wildman–Crippen MR) is 126 cm³/mol. The summed E-state index contributed by atoms with van der Waals surface area (Å²) < 4.78 is 10.9. The number of carbonyl (C=O) groups is 2. The number of hydrazone groups is 1. The smallest absolute Gasteiger partial charge is 0.318 e. The summed E-state index contributed by atoms with van der Waals surface area (Å²) in [5.74, 6) is 1.000. The molecule has 2 aromatic carbocycles. The minimum atomic E-state index is -0.410. The van der Waals surface area contributed by atoms with Gasteiger partial charge >= 0.3 is 6.03 Å². The third-order valence-corrected chi connectivity index (χ3v) is 5.66. The van der Waals surface area contributed by atoms with Gasteiger partial charge in [-0.1, -0.05) is 35.9 Å². The first-order valence-electron chi connectivity index (χ1n) is 10.7. The quantitative estimate of drug-likeness (QED) is 0.726. The molecule has 2 aliphatic rings. The summed E-state index contributed by atoms with van der Waals surface area (Å²) in [6, 6.07) is 12.3. The summed E-state index contributed by atoms with van der Waals surface area (Å²) in [6.45, 7) is 5.70. The molecule has 9 heteroatoms. The Morgan fingerprint density at radius 3 is 2.64 bits per heavy atom. The summed E-state index contributed by atoms with van der Waals surface area (Å²) in [7, 11) is 1.59. The molecule has 2 aromatic rings. The van der Waals surface area contributed by atoms with Gasteiger partial charge in [0.25, 0.3) is 5.91 Å². The minimum absolute atomic E-state index is 0.123. The molecule has 2 aliphatic heterocycles. The summed E-state index contributed by atoms with van der Waals surface area (Å²) in [5, 5.41) is 9.51. The lowest BCUT2D eigenvalue weighted by atomic mass is 9.98. The molecule has 0 radical (unpaired) electrons. The fourth-order valence-corrected chi connectivity index (χ4v) is 3.99. The second-order valence-corrected chi connectivity index (χ2v) is 9.54. The number of hydrogen-bond donors (Lipinski definition) is 1. The van der Waals surface area contributed by atoms with Crippen molar-refractivity contribution < 1.29 is 19.1 Å². The molecule has 0 saturated carbocycles. The highest BCUT2D eigenvalue weighted by Gasteiger charge is 2.35. The first kappa shape index (κ1) is 22.9.